The predicted molar refractivity (Wildman–Crippen MR) is 26.9 cm³/mol. The number of rotatable bonds is 0. The second kappa shape index (κ2) is 1.54. The maximum absolute atomic E-state index is 3.75. The van der Waals surface area contributed by atoms with Crippen molar-refractivity contribution in [2.75, 3.05) is 0 Å². The lowest BCUT2D eigenvalue weighted by atomic mass is 10.7. The van der Waals surface area contributed by atoms with Gasteiger partial charge in [0.15, 0.2) is 5.21 Å². The van der Waals surface area contributed by atoms with Crippen molar-refractivity contribution in [3.63, 3.8) is 0 Å². The largest absolute Gasteiger partial charge is 0.253 e. The predicted octanol–water partition coefficient (Wildman–Crippen LogP) is -1.05. The van der Waals surface area contributed by atoms with Crippen molar-refractivity contribution in [2.45, 2.75) is 6.92 Å². The SMILES string of the molecule is Cc1n(C)nn[n+]1C. The fourth-order valence-electron chi connectivity index (χ4n) is 0.459. The van der Waals surface area contributed by atoms with Crippen LogP contribution in [0.3, 0.4) is 0 Å². The summed E-state index contributed by atoms with van der Waals surface area (Å²) in [7, 11) is 3.73. The van der Waals surface area contributed by atoms with Crippen LogP contribution in [-0.4, -0.2) is 15.1 Å². The van der Waals surface area contributed by atoms with E-state index in [9.17, 15) is 0 Å². The summed E-state index contributed by atoms with van der Waals surface area (Å²) in [5.74, 6) is 1.05. The highest BCUT2D eigenvalue weighted by molar-refractivity contribution is 4.59. The summed E-state index contributed by atoms with van der Waals surface area (Å²) in [6.07, 6.45) is 0. The molecule has 0 saturated carbocycles. The first-order valence-corrected chi connectivity index (χ1v) is 2.44. The van der Waals surface area contributed by atoms with Gasteiger partial charge in [-0.1, -0.05) is 4.68 Å². The van der Waals surface area contributed by atoms with E-state index >= 15 is 0 Å². The van der Waals surface area contributed by atoms with Gasteiger partial charge in [0.05, 0.1) is 14.1 Å². The zero-order valence-corrected chi connectivity index (χ0v) is 5.29. The van der Waals surface area contributed by atoms with Gasteiger partial charge in [-0.15, -0.1) is 4.68 Å². The van der Waals surface area contributed by atoms with E-state index in [-0.39, 0.29) is 0 Å². The Morgan fingerprint density at radius 3 is 2.38 bits per heavy atom. The van der Waals surface area contributed by atoms with E-state index in [0.717, 1.165) is 5.82 Å². The molecule has 1 heterocycles. The lowest BCUT2D eigenvalue weighted by Gasteiger charge is -1.79. The lowest BCUT2D eigenvalue weighted by molar-refractivity contribution is -0.737. The molecule has 0 aliphatic heterocycles. The molecular formula is C4H9N4+. The number of hydrogen-bond donors (Lipinski definition) is 0. The van der Waals surface area contributed by atoms with Crippen LogP contribution < -0.4 is 4.68 Å². The molecule has 0 aliphatic rings. The molecule has 1 aromatic heterocycles. The molecule has 44 valence electrons. The van der Waals surface area contributed by atoms with Crippen LogP contribution in [0.2, 0.25) is 0 Å². The Morgan fingerprint density at radius 2 is 2.25 bits per heavy atom. The third kappa shape index (κ3) is 0.576. The summed E-state index contributed by atoms with van der Waals surface area (Å²) in [4.78, 5) is 0. The number of hydrogen-bond acceptors (Lipinski definition) is 2. The molecule has 0 fully saturated rings. The van der Waals surface area contributed by atoms with Crippen LogP contribution in [-0.2, 0) is 14.1 Å². The van der Waals surface area contributed by atoms with Gasteiger partial charge in [-0.2, -0.15) is 0 Å². The van der Waals surface area contributed by atoms with Crippen molar-refractivity contribution in [1.82, 2.24) is 15.1 Å². The first-order chi connectivity index (χ1) is 3.72. The Labute approximate surface area is 47.7 Å². The Hall–Kier alpha value is -0.930. The van der Waals surface area contributed by atoms with Crippen molar-refractivity contribution in [3.8, 4) is 0 Å². The standard InChI is InChI=1S/C4H9N4/c1-4-7(2)5-6-8(4)3/h1-3H3/q+1. The monoisotopic (exact) mass is 113 g/mol. The molecule has 0 N–H and O–H groups in total. The molecule has 0 aromatic carbocycles. The van der Waals surface area contributed by atoms with Gasteiger partial charge in [-0.25, -0.2) is 0 Å². The van der Waals surface area contributed by atoms with Gasteiger partial charge >= 0.3 is 0 Å². The van der Waals surface area contributed by atoms with E-state index in [1.54, 1.807) is 9.36 Å². The number of nitrogens with zero attached hydrogens (tertiary/aromatic N) is 4. The molecule has 0 amide bonds. The zero-order chi connectivity index (χ0) is 6.15. The molecule has 1 aromatic rings. The summed E-state index contributed by atoms with van der Waals surface area (Å²) in [6.45, 7) is 1.96. The third-order valence-corrected chi connectivity index (χ3v) is 1.24. The van der Waals surface area contributed by atoms with Crippen LogP contribution in [0.4, 0.5) is 0 Å². The highest BCUT2D eigenvalue weighted by atomic mass is 15.6. The molecular weight excluding hydrogens is 104 g/mol. The summed E-state index contributed by atoms with van der Waals surface area (Å²) in [6, 6.07) is 0. The minimum absolute atomic E-state index is 1.05. The van der Waals surface area contributed by atoms with Crippen molar-refractivity contribution < 1.29 is 4.68 Å². The van der Waals surface area contributed by atoms with Crippen molar-refractivity contribution in [3.05, 3.63) is 5.82 Å². The highest BCUT2D eigenvalue weighted by Gasteiger charge is 2.05. The maximum atomic E-state index is 3.75. The minimum Gasteiger partial charge on any atom is -0.141 e. The number of aromatic nitrogens is 4. The maximum Gasteiger partial charge on any atom is 0.253 e. The highest BCUT2D eigenvalue weighted by Crippen LogP contribution is 1.75. The van der Waals surface area contributed by atoms with Gasteiger partial charge in [0.25, 0.3) is 5.82 Å². The fourth-order valence-corrected chi connectivity index (χ4v) is 0.459. The van der Waals surface area contributed by atoms with Gasteiger partial charge in [-0.05, 0) is 0 Å². The van der Waals surface area contributed by atoms with Gasteiger partial charge in [-0.3, -0.25) is 0 Å². The van der Waals surface area contributed by atoms with Gasteiger partial charge < -0.3 is 0 Å². The number of aryl methyl sites for hydroxylation is 2. The smallest absolute Gasteiger partial charge is 0.141 e. The molecule has 0 spiro atoms. The molecule has 0 bridgehead atoms. The zero-order valence-electron chi connectivity index (χ0n) is 5.29. The molecule has 8 heavy (non-hydrogen) atoms. The van der Waals surface area contributed by atoms with Crippen LogP contribution in [0.1, 0.15) is 5.82 Å². The van der Waals surface area contributed by atoms with E-state index < -0.39 is 0 Å². The molecule has 0 radical (unpaired) electrons. The summed E-state index contributed by atoms with van der Waals surface area (Å²) in [5.41, 5.74) is 0. The van der Waals surface area contributed by atoms with E-state index in [1.165, 1.54) is 0 Å². The second-order valence-electron chi connectivity index (χ2n) is 1.77. The molecule has 4 heteroatoms. The Kier molecular flexibility index (Phi) is 1.00. The van der Waals surface area contributed by atoms with Gasteiger partial charge in [0.1, 0.15) is 5.21 Å². The van der Waals surface area contributed by atoms with Crippen LogP contribution in [0.15, 0.2) is 0 Å². The Bertz CT molecular complexity index is 170. The lowest BCUT2D eigenvalue weighted by Crippen LogP contribution is -2.33. The minimum atomic E-state index is 1.05. The molecule has 0 saturated heterocycles. The quantitative estimate of drug-likeness (QED) is 0.402. The third-order valence-electron chi connectivity index (χ3n) is 1.24. The molecule has 0 atom stereocenters. The number of tetrazole rings is 1. The fraction of sp³-hybridized carbons (Fsp3) is 0.750. The Balaban J connectivity index is 3.19. The molecule has 4 nitrogen and oxygen atoms in total. The first-order valence-electron chi connectivity index (χ1n) is 2.44. The van der Waals surface area contributed by atoms with Crippen LogP contribution in [0.25, 0.3) is 0 Å². The normalized spacial score (nSPS) is 9.88. The Morgan fingerprint density at radius 1 is 1.62 bits per heavy atom. The molecule has 0 unspecified atom stereocenters. The van der Waals surface area contributed by atoms with Crippen molar-refractivity contribution >= 4 is 0 Å². The van der Waals surface area contributed by atoms with E-state index in [1.807, 2.05) is 21.0 Å². The molecule has 1 rings (SSSR count). The average Bonchev–Trinajstić information content (AvgIpc) is 1.98. The van der Waals surface area contributed by atoms with Crippen LogP contribution in [0, 0.1) is 6.92 Å². The van der Waals surface area contributed by atoms with Gasteiger partial charge in [0, 0.05) is 6.92 Å². The molecule has 0 aliphatic carbocycles. The van der Waals surface area contributed by atoms with Crippen LogP contribution in [0.5, 0.6) is 0 Å². The van der Waals surface area contributed by atoms with E-state index in [4.69, 9.17) is 0 Å². The van der Waals surface area contributed by atoms with E-state index in [0.29, 0.717) is 0 Å². The van der Waals surface area contributed by atoms with Crippen molar-refractivity contribution in [1.29, 1.82) is 0 Å². The summed E-state index contributed by atoms with van der Waals surface area (Å²) in [5, 5.41) is 7.49. The summed E-state index contributed by atoms with van der Waals surface area (Å²) >= 11 is 0. The topological polar surface area (TPSA) is 34.6 Å². The van der Waals surface area contributed by atoms with E-state index in [2.05, 4.69) is 10.4 Å². The second-order valence-corrected chi connectivity index (χ2v) is 1.77. The first kappa shape index (κ1) is 5.21. The van der Waals surface area contributed by atoms with Gasteiger partial charge in [0.2, 0.25) is 0 Å². The average molecular weight is 113 g/mol. The van der Waals surface area contributed by atoms with Crippen molar-refractivity contribution in [2.24, 2.45) is 14.1 Å². The van der Waals surface area contributed by atoms with Crippen LogP contribution >= 0.6 is 0 Å². The summed E-state index contributed by atoms with van der Waals surface area (Å²) < 4.78 is 3.44.